The molecule has 0 bridgehead atoms. The number of hydrogen-bond acceptors (Lipinski definition) is 11. The van der Waals surface area contributed by atoms with Gasteiger partial charge in [-0.2, -0.15) is 13.2 Å². The van der Waals surface area contributed by atoms with E-state index in [0.717, 1.165) is 75.0 Å². The molecule has 3 aromatic rings. The van der Waals surface area contributed by atoms with E-state index in [9.17, 15) is 32.7 Å². The minimum atomic E-state index is -5.08. The molecule has 1 aliphatic carbocycles. The Hall–Kier alpha value is -4.75. The fourth-order valence-corrected chi connectivity index (χ4v) is 9.87. The van der Waals surface area contributed by atoms with Crippen LogP contribution in [0, 0.1) is 13.8 Å². The molecule has 0 atom stereocenters. The monoisotopic (exact) mass is 929 g/mol. The number of anilines is 1. The van der Waals surface area contributed by atoms with Crippen LogP contribution in [0.4, 0.5) is 18.9 Å². The van der Waals surface area contributed by atoms with Crippen molar-refractivity contribution in [2.45, 2.75) is 102 Å². The summed E-state index contributed by atoms with van der Waals surface area (Å²) in [5.41, 5.74) is 4.69. The summed E-state index contributed by atoms with van der Waals surface area (Å²) in [5, 5.41) is 23.5. The van der Waals surface area contributed by atoms with Gasteiger partial charge in [0.05, 0.1) is 43.3 Å². The third-order valence-electron chi connectivity index (χ3n) is 12.6. The van der Waals surface area contributed by atoms with E-state index in [1.165, 1.54) is 28.0 Å². The number of carboxylic acids is 1. The topological polar surface area (TPSA) is 170 Å². The number of benzene rings is 2. The number of aromatic hydroxyl groups is 1. The van der Waals surface area contributed by atoms with Crippen LogP contribution < -0.4 is 15.4 Å². The molecule has 7 rings (SSSR count). The quantitative estimate of drug-likeness (QED) is 0.0916. The van der Waals surface area contributed by atoms with Crippen LogP contribution >= 0.6 is 11.3 Å². The Kier molecular flexibility index (Phi) is 17.7. The maximum absolute atomic E-state index is 13.5. The molecule has 4 aliphatic rings. The lowest BCUT2D eigenvalue weighted by Crippen LogP contribution is -2.57. The number of ether oxygens (including phenoxy) is 3. The first-order chi connectivity index (χ1) is 31.1. The highest BCUT2D eigenvalue weighted by Crippen LogP contribution is 2.39. The molecule has 65 heavy (non-hydrogen) atoms. The van der Waals surface area contributed by atoms with Crippen LogP contribution in [-0.2, 0) is 43.2 Å². The summed E-state index contributed by atoms with van der Waals surface area (Å²) in [6, 6.07) is 14.5. The van der Waals surface area contributed by atoms with E-state index in [0.29, 0.717) is 76.8 Å². The number of carboxylic acid groups (broad SMARTS) is 1. The highest BCUT2D eigenvalue weighted by molar-refractivity contribution is 7.14. The smallest absolute Gasteiger partial charge is 0.490 e. The summed E-state index contributed by atoms with van der Waals surface area (Å²) in [6.07, 6.45) is 4.23. The summed E-state index contributed by atoms with van der Waals surface area (Å²) in [5.74, 6) is -2.22. The van der Waals surface area contributed by atoms with E-state index in [-0.39, 0.29) is 41.7 Å². The van der Waals surface area contributed by atoms with Gasteiger partial charge in [0.15, 0.2) is 12.4 Å². The van der Waals surface area contributed by atoms with E-state index in [4.69, 9.17) is 24.1 Å². The Balaban J connectivity index is 0.000000925. The number of nitrogens with one attached hydrogen (secondary N) is 2. The number of aryl methyl sites for hydroxylation is 2. The normalized spacial score (nSPS) is 17.7. The summed E-state index contributed by atoms with van der Waals surface area (Å²) in [4.78, 5) is 56.1. The minimum Gasteiger partial charge on any atom is -0.506 e. The number of piperidine rings is 1. The molecule has 356 valence electrons. The number of phenols is 1. The van der Waals surface area contributed by atoms with Gasteiger partial charge < -0.3 is 44.9 Å². The molecule has 1 spiro atoms. The lowest BCUT2D eigenvalue weighted by molar-refractivity contribution is -0.192. The Bertz CT molecular complexity index is 2080. The second-order valence-corrected chi connectivity index (χ2v) is 18.5. The van der Waals surface area contributed by atoms with Crippen LogP contribution in [0.2, 0.25) is 0 Å². The van der Waals surface area contributed by atoms with Crippen LogP contribution in [-0.4, -0.2) is 139 Å². The van der Waals surface area contributed by atoms with Gasteiger partial charge in [-0.3, -0.25) is 19.3 Å². The molecule has 2 aromatic carbocycles. The molecule has 0 radical (unpaired) electrons. The first kappa shape index (κ1) is 49.7. The van der Waals surface area contributed by atoms with E-state index >= 15 is 0 Å². The molecular weight excluding hydrogens is 868 g/mol. The second-order valence-electron chi connectivity index (χ2n) is 17.3. The molecule has 3 fully saturated rings. The predicted molar refractivity (Wildman–Crippen MR) is 240 cm³/mol. The van der Waals surface area contributed by atoms with Gasteiger partial charge in [0.25, 0.3) is 11.8 Å². The van der Waals surface area contributed by atoms with Crippen molar-refractivity contribution in [3.63, 3.8) is 0 Å². The zero-order valence-electron chi connectivity index (χ0n) is 37.3. The lowest BCUT2D eigenvalue weighted by Gasteiger charge is -2.47. The van der Waals surface area contributed by atoms with Gasteiger partial charge in [0.1, 0.15) is 11.4 Å². The van der Waals surface area contributed by atoms with Crippen LogP contribution in [0.25, 0.3) is 0 Å². The molecule has 3 aliphatic heterocycles. The maximum atomic E-state index is 13.5. The van der Waals surface area contributed by atoms with Crippen molar-refractivity contribution in [3.05, 3.63) is 74.5 Å². The molecule has 3 amide bonds. The first-order valence-electron chi connectivity index (χ1n) is 22.6. The van der Waals surface area contributed by atoms with Gasteiger partial charge in [-0.05, 0) is 93.3 Å². The van der Waals surface area contributed by atoms with E-state index in [1.54, 1.807) is 17.4 Å². The number of fused-ring (bicyclic) bond motifs is 1. The molecule has 0 unspecified atom stereocenters. The second kappa shape index (κ2) is 23.1. The standard InChI is InChI=1S/C45H61N5O7S.C2HF3O2/c1-32-27-39(58-33(32)2)44(54)49-23-26-57-45(31-49)16-20-48(21-17-45)29-35-8-6-7-34(28-35)14-24-55-25-15-41(53)50(37-9-4-3-5-10-37)22-19-46-18-13-36-11-12-38(51)42-43(36)56-30-40(52)47-42;3-2(4,5)1(6)7/h6-8,11-12,27-28,37,46,51H,3-5,9-10,13-26,29-31H2,1-2H3,(H,47,52);(H,6,7). The number of nitrogens with zero attached hydrogens (tertiary/aromatic N) is 3. The summed E-state index contributed by atoms with van der Waals surface area (Å²) < 4.78 is 49.8. The van der Waals surface area contributed by atoms with E-state index in [1.807, 2.05) is 17.0 Å². The summed E-state index contributed by atoms with van der Waals surface area (Å²) in [6.45, 7) is 11.7. The van der Waals surface area contributed by atoms with Crippen molar-refractivity contribution in [2.24, 2.45) is 0 Å². The van der Waals surface area contributed by atoms with Crippen molar-refractivity contribution in [1.29, 1.82) is 0 Å². The van der Waals surface area contributed by atoms with Gasteiger partial charge in [-0.1, -0.05) is 49.6 Å². The zero-order chi connectivity index (χ0) is 46.6. The molecule has 2 saturated heterocycles. The van der Waals surface area contributed by atoms with Gasteiger partial charge in [-0.25, -0.2) is 4.79 Å². The van der Waals surface area contributed by atoms with Crippen molar-refractivity contribution in [2.75, 3.05) is 77.6 Å². The first-order valence-corrected chi connectivity index (χ1v) is 23.4. The number of rotatable bonds is 16. The number of carbonyl (C=O) groups excluding carboxylic acids is 3. The number of halogens is 3. The van der Waals surface area contributed by atoms with Crippen LogP contribution in [0.3, 0.4) is 0 Å². The summed E-state index contributed by atoms with van der Waals surface area (Å²) >= 11 is 1.59. The fraction of sp³-hybridized carbons (Fsp3) is 0.574. The molecule has 14 nitrogen and oxygen atoms in total. The van der Waals surface area contributed by atoms with Gasteiger partial charge in [-0.15, -0.1) is 11.3 Å². The Morgan fingerprint density at radius 2 is 1.74 bits per heavy atom. The lowest BCUT2D eigenvalue weighted by atomic mass is 9.89. The largest absolute Gasteiger partial charge is 0.506 e. The molecular formula is C47H62F3N5O9S. The summed E-state index contributed by atoms with van der Waals surface area (Å²) in [7, 11) is 0. The average Bonchev–Trinajstić information content (AvgIpc) is 3.63. The molecule has 1 aromatic heterocycles. The number of alkyl halides is 3. The SMILES string of the molecule is Cc1cc(C(=O)N2CCOC3(CCN(Cc4cccc(CCOCCC(=O)N(CCNCCc5ccc(O)c6c5OCC(=O)N6)C5CCCCC5)c4)CC3)C2)sc1C.O=C(O)C(F)(F)F. The van der Waals surface area contributed by atoms with Crippen molar-refractivity contribution in [3.8, 4) is 11.5 Å². The van der Waals surface area contributed by atoms with Crippen LogP contribution in [0.15, 0.2) is 42.5 Å². The molecule has 4 N–H and O–H groups in total. The maximum Gasteiger partial charge on any atom is 0.490 e. The third-order valence-corrected chi connectivity index (χ3v) is 13.7. The van der Waals surface area contributed by atoms with E-state index in [2.05, 4.69) is 58.5 Å². The van der Waals surface area contributed by atoms with Crippen LogP contribution in [0.1, 0.15) is 88.2 Å². The number of hydrogen-bond donors (Lipinski definition) is 4. The van der Waals surface area contributed by atoms with E-state index < -0.39 is 12.1 Å². The number of morpholine rings is 1. The highest BCUT2D eigenvalue weighted by atomic mass is 32.1. The van der Waals surface area contributed by atoms with Gasteiger partial charge in [0, 0.05) is 50.2 Å². The van der Waals surface area contributed by atoms with Crippen molar-refractivity contribution >= 4 is 40.7 Å². The number of aliphatic carboxylic acids is 1. The van der Waals surface area contributed by atoms with Gasteiger partial charge >= 0.3 is 12.1 Å². The highest BCUT2D eigenvalue weighted by Gasteiger charge is 2.41. The molecule has 1 saturated carbocycles. The average molecular weight is 930 g/mol. The van der Waals surface area contributed by atoms with Crippen molar-refractivity contribution < 1.29 is 56.8 Å². The molecule has 4 heterocycles. The zero-order valence-corrected chi connectivity index (χ0v) is 38.1. The predicted octanol–water partition coefficient (Wildman–Crippen LogP) is 6.48. The minimum absolute atomic E-state index is 0.00311. The number of carbonyl (C=O) groups is 4. The number of thiophene rings is 1. The van der Waals surface area contributed by atoms with Crippen molar-refractivity contribution in [1.82, 2.24) is 20.0 Å². The molecule has 18 heteroatoms. The number of phenolic OH excluding ortho intramolecular Hbond substituents is 1. The number of amides is 3. The fourth-order valence-electron chi connectivity index (χ4n) is 8.87. The van der Waals surface area contributed by atoms with Gasteiger partial charge in [0.2, 0.25) is 5.91 Å². The Labute approximate surface area is 382 Å². The number of likely N-dealkylation sites (tertiary alicyclic amines) is 1. The third kappa shape index (κ3) is 14.1. The Morgan fingerprint density at radius 3 is 2.45 bits per heavy atom. The Morgan fingerprint density at radius 1 is 1.00 bits per heavy atom. The van der Waals surface area contributed by atoms with Crippen LogP contribution in [0.5, 0.6) is 11.5 Å².